The van der Waals surface area contributed by atoms with Crippen molar-refractivity contribution in [2.75, 3.05) is 32.1 Å². The number of carbonyl (C=O) groups is 1. The lowest BCUT2D eigenvalue weighted by molar-refractivity contribution is 0.120. The van der Waals surface area contributed by atoms with Crippen molar-refractivity contribution in [3.63, 3.8) is 0 Å². The van der Waals surface area contributed by atoms with E-state index in [9.17, 15) is 4.79 Å². The number of nitrogens with one attached hydrogen (secondary N) is 3. The van der Waals surface area contributed by atoms with E-state index < -0.39 is 0 Å². The van der Waals surface area contributed by atoms with Gasteiger partial charge in [-0.25, -0.2) is 4.79 Å². The summed E-state index contributed by atoms with van der Waals surface area (Å²) in [5.41, 5.74) is 1.80. The van der Waals surface area contributed by atoms with Gasteiger partial charge >= 0.3 is 6.03 Å². The molecular formula is C15H23N3O2. The first-order valence-electron chi connectivity index (χ1n) is 6.99. The maximum atomic E-state index is 11.9. The molecule has 0 radical (unpaired) electrons. The van der Waals surface area contributed by atoms with E-state index in [2.05, 4.69) is 16.0 Å². The lowest BCUT2D eigenvalue weighted by Gasteiger charge is -2.28. The summed E-state index contributed by atoms with van der Waals surface area (Å²) in [7, 11) is 1.69. The Hall–Kier alpha value is -1.59. The average molecular weight is 277 g/mol. The highest BCUT2D eigenvalue weighted by Crippen LogP contribution is 2.18. The minimum absolute atomic E-state index is 0.126. The largest absolute Gasteiger partial charge is 0.383 e. The molecule has 2 rings (SSSR count). The molecule has 1 aromatic carbocycles. The summed E-state index contributed by atoms with van der Waals surface area (Å²) in [6.45, 7) is 4.15. The minimum atomic E-state index is -0.181. The second-order valence-corrected chi connectivity index (χ2v) is 5.42. The molecule has 1 aliphatic heterocycles. The van der Waals surface area contributed by atoms with E-state index in [1.54, 1.807) is 7.11 Å². The molecule has 1 heterocycles. The fraction of sp³-hybridized carbons (Fsp3) is 0.533. The first-order chi connectivity index (χ1) is 9.63. The molecule has 1 aromatic rings. The zero-order chi connectivity index (χ0) is 14.4. The van der Waals surface area contributed by atoms with E-state index in [1.807, 2.05) is 31.2 Å². The van der Waals surface area contributed by atoms with Crippen molar-refractivity contribution < 1.29 is 9.53 Å². The molecule has 5 nitrogen and oxygen atoms in total. The predicted octanol–water partition coefficient (Wildman–Crippen LogP) is 1.89. The summed E-state index contributed by atoms with van der Waals surface area (Å²) in [5, 5.41) is 9.20. The van der Waals surface area contributed by atoms with Gasteiger partial charge in [-0.3, -0.25) is 0 Å². The molecule has 1 saturated heterocycles. The van der Waals surface area contributed by atoms with E-state index in [4.69, 9.17) is 4.74 Å². The van der Waals surface area contributed by atoms with Crippen LogP contribution in [0.15, 0.2) is 24.3 Å². The SMILES string of the molecule is COCC1(CNC(=O)Nc2cccc(C)c2)CCCN1. The van der Waals surface area contributed by atoms with Crippen molar-refractivity contribution in [1.82, 2.24) is 10.6 Å². The van der Waals surface area contributed by atoms with Crippen LogP contribution in [0.2, 0.25) is 0 Å². The van der Waals surface area contributed by atoms with Gasteiger partial charge in [0.25, 0.3) is 0 Å². The molecule has 110 valence electrons. The van der Waals surface area contributed by atoms with Gasteiger partial charge in [0.1, 0.15) is 0 Å². The van der Waals surface area contributed by atoms with Crippen LogP contribution in [0, 0.1) is 6.92 Å². The quantitative estimate of drug-likeness (QED) is 0.770. The number of ether oxygens (including phenoxy) is 1. The highest BCUT2D eigenvalue weighted by Gasteiger charge is 2.33. The predicted molar refractivity (Wildman–Crippen MR) is 80.0 cm³/mol. The van der Waals surface area contributed by atoms with Crippen molar-refractivity contribution in [3.05, 3.63) is 29.8 Å². The number of methoxy groups -OCH3 is 1. The number of anilines is 1. The number of benzene rings is 1. The van der Waals surface area contributed by atoms with Gasteiger partial charge in [-0.2, -0.15) is 0 Å². The smallest absolute Gasteiger partial charge is 0.319 e. The molecule has 3 N–H and O–H groups in total. The Bertz CT molecular complexity index is 456. The number of rotatable bonds is 5. The van der Waals surface area contributed by atoms with E-state index in [0.717, 1.165) is 30.6 Å². The molecule has 1 aliphatic rings. The van der Waals surface area contributed by atoms with Gasteiger partial charge in [0.15, 0.2) is 0 Å². The van der Waals surface area contributed by atoms with Crippen LogP contribution < -0.4 is 16.0 Å². The highest BCUT2D eigenvalue weighted by molar-refractivity contribution is 5.89. The lowest BCUT2D eigenvalue weighted by atomic mass is 9.99. The molecule has 1 fully saturated rings. The molecule has 0 bridgehead atoms. The molecular weight excluding hydrogens is 254 g/mol. The summed E-state index contributed by atoms with van der Waals surface area (Å²) in [5.74, 6) is 0. The Morgan fingerprint density at radius 3 is 3.00 bits per heavy atom. The molecule has 0 saturated carbocycles. The molecule has 0 spiro atoms. The van der Waals surface area contributed by atoms with E-state index in [0.29, 0.717) is 13.2 Å². The third-order valence-corrected chi connectivity index (χ3v) is 3.62. The maximum Gasteiger partial charge on any atom is 0.319 e. The standard InChI is InChI=1S/C15H23N3O2/c1-12-5-3-6-13(9-12)18-14(19)16-10-15(11-20-2)7-4-8-17-15/h3,5-6,9,17H,4,7-8,10-11H2,1-2H3,(H2,16,18,19). The number of hydrogen-bond donors (Lipinski definition) is 3. The van der Waals surface area contributed by atoms with Gasteiger partial charge in [-0.1, -0.05) is 12.1 Å². The van der Waals surface area contributed by atoms with Gasteiger partial charge < -0.3 is 20.7 Å². The Morgan fingerprint density at radius 1 is 1.50 bits per heavy atom. The topological polar surface area (TPSA) is 62.4 Å². The number of urea groups is 1. The van der Waals surface area contributed by atoms with Crippen LogP contribution >= 0.6 is 0 Å². The molecule has 0 aromatic heterocycles. The van der Waals surface area contributed by atoms with Gasteiger partial charge in [0.05, 0.1) is 12.1 Å². The van der Waals surface area contributed by atoms with Crippen LogP contribution in [0.1, 0.15) is 18.4 Å². The van der Waals surface area contributed by atoms with Crippen LogP contribution in [0.4, 0.5) is 10.5 Å². The van der Waals surface area contributed by atoms with E-state index in [1.165, 1.54) is 0 Å². The third-order valence-electron chi connectivity index (χ3n) is 3.62. The third kappa shape index (κ3) is 3.95. The molecule has 20 heavy (non-hydrogen) atoms. The second-order valence-electron chi connectivity index (χ2n) is 5.42. The van der Waals surface area contributed by atoms with Crippen molar-refractivity contribution >= 4 is 11.7 Å². The fourth-order valence-electron chi connectivity index (χ4n) is 2.62. The van der Waals surface area contributed by atoms with E-state index >= 15 is 0 Å². The number of hydrogen-bond acceptors (Lipinski definition) is 3. The summed E-state index contributed by atoms with van der Waals surface area (Å²) < 4.78 is 5.26. The van der Waals surface area contributed by atoms with Crippen LogP contribution in [0.5, 0.6) is 0 Å². The van der Waals surface area contributed by atoms with Crippen LogP contribution in [0.3, 0.4) is 0 Å². The number of carbonyl (C=O) groups excluding carboxylic acids is 1. The number of aryl methyl sites for hydroxylation is 1. The van der Waals surface area contributed by atoms with Gasteiger partial charge in [-0.15, -0.1) is 0 Å². The summed E-state index contributed by atoms with van der Waals surface area (Å²) in [6, 6.07) is 7.57. The molecule has 1 unspecified atom stereocenters. The zero-order valence-electron chi connectivity index (χ0n) is 12.2. The lowest BCUT2D eigenvalue weighted by Crippen LogP contribution is -2.53. The van der Waals surface area contributed by atoms with Crippen LogP contribution in [-0.4, -0.2) is 38.4 Å². The summed E-state index contributed by atoms with van der Waals surface area (Å²) >= 11 is 0. The van der Waals surface area contributed by atoms with Gasteiger partial charge in [0, 0.05) is 19.3 Å². The molecule has 0 aliphatic carbocycles. The highest BCUT2D eigenvalue weighted by atomic mass is 16.5. The van der Waals surface area contributed by atoms with Gasteiger partial charge in [-0.05, 0) is 44.0 Å². The molecule has 5 heteroatoms. The Labute approximate surface area is 120 Å². The normalized spacial score (nSPS) is 21.7. The van der Waals surface area contributed by atoms with Crippen LogP contribution in [-0.2, 0) is 4.74 Å². The first-order valence-corrected chi connectivity index (χ1v) is 6.99. The zero-order valence-corrected chi connectivity index (χ0v) is 12.2. The number of amides is 2. The maximum absolute atomic E-state index is 11.9. The van der Waals surface area contributed by atoms with Gasteiger partial charge in [0.2, 0.25) is 0 Å². The Kier molecular flexibility index (Phi) is 4.98. The second kappa shape index (κ2) is 6.72. The fourth-order valence-corrected chi connectivity index (χ4v) is 2.62. The van der Waals surface area contributed by atoms with Crippen molar-refractivity contribution in [3.8, 4) is 0 Å². The summed E-state index contributed by atoms with van der Waals surface area (Å²) in [4.78, 5) is 11.9. The van der Waals surface area contributed by atoms with E-state index in [-0.39, 0.29) is 11.6 Å². The van der Waals surface area contributed by atoms with Crippen molar-refractivity contribution in [2.24, 2.45) is 0 Å². The Balaban J connectivity index is 1.85. The minimum Gasteiger partial charge on any atom is -0.383 e. The van der Waals surface area contributed by atoms with Crippen LogP contribution in [0.25, 0.3) is 0 Å². The van der Waals surface area contributed by atoms with Crippen molar-refractivity contribution in [1.29, 1.82) is 0 Å². The Morgan fingerprint density at radius 2 is 2.35 bits per heavy atom. The summed E-state index contributed by atoms with van der Waals surface area (Å²) in [6.07, 6.45) is 2.14. The molecule has 1 atom stereocenters. The molecule has 2 amide bonds. The monoisotopic (exact) mass is 277 g/mol. The first kappa shape index (κ1) is 14.8. The average Bonchev–Trinajstić information content (AvgIpc) is 2.86. The van der Waals surface area contributed by atoms with Crippen molar-refractivity contribution in [2.45, 2.75) is 25.3 Å².